The van der Waals surface area contributed by atoms with Gasteiger partial charge in [0.2, 0.25) is 0 Å². The minimum absolute atomic E-state index is 0. The molecule has 2 rings (SSSR count). The lowest BCUT2D eigenvalue weighted by atomic mass is 9.89. The fraction of sp³-hybridized carbons (Fsp3) is 0.929. The molecule has 1 atom stereocenters. The highest BCUT2D eigenvalue weighted by atomic mass is 35.5. The first-order valence-electron chi connectivity index (χ1n) is 7.09. The summed E-state index contributed by atoms with van der Waals surface area (Å²) in [5, 5.41) is 3.43. The number of nitrogens with zero attached hydrogens (tertiary/aromatic N) is 1. The summed E-state index contributed by atoms with van der Waals surface area (Å²) in [6.45, 7) is 7.22. The summed E-state index contributed by atoms with van der Waals surface area (Å²) in [6.07, 6.45) is 4.78. The Kier molecular flexibility index (Phi) is 6.09. The summed E-state index contributed by atoms with van der Waals surface area (Å²) in [6, 6.07) is 1.44. The highest BCUT2D eigenvalue weighted by Gasteiger charge is 2.37. The molecule has 1 unspecified atom stereocenters. The van der Waals surface area contributed by atoms with E-state index in [0.717, 1.165) is 32.1 Å². The lowest BCUT2D eigenvalue weighted by Gasteiger charge is -2.31. The van der Waals surface area contributed by atoms with Gasteiger partial charge >= 0.3 is 5.97 Å². The fourth-order valence-corrected chi connectivity index (χ4v) is 2.78. The van der Waals surface area contributed by atoms with Gasteiger partial charge in [-0.15, -0.1) is 12.4 Å². The van der Waals surface area contributed by atoms with E-state index in [2.05, 4.69) is 10.2 Å². The van der Waals surface area contributed by atoms with Crippen molar-refractivity contribution in [1.29, 1.82) is 0 Å². The molecule has 0 spiro atoms. The molecule has 1 aliphatic carbocycles. The van der Waals surface area contributed by atoms with Crippen LogP contribution in [-0.4, -0.2) is 49.7 Å². The molecule has 0 bridgehead atoms. The average molecular weight is 291 g/mol. The lowest BCUT2D eigenvalue weighted by Crippen LogP contribution is -2.41. The number of carbonyl (C=O) groups excluding carboxylic acids is 1. The molecule has 1 heterocycles. The molecule has 0 amide bonds. The zero-order valence-electron chi connectivity index (χ0n) is 12.3. The van der Waals surface area contributed by atoms with Crippen LogP contribution < -0.4 is 5.32 Å². The van der Waals surface area contributed by atoms with Gasteiger partial charge in [0, 0.05) is 18.6 Å². The Morgan fingerprint density at radius 2 is 2.00 bits per heavy atom. The Balaban J connectivity index is 0.00000180. The molecule has 0 aromatic rings. The van der Waals surface area contributed by atoms with Crippen LogP contribution >= 0.6 is 12.4 Å². The number of halogens is 1. The molecule has 112 valence electrons. The van der Waals surface area contributed by atoms with Crippen LogP contribution in [0.2, 0.25) is 0 Å². The number of hydrogen-bond donors (Lipinski definition) is 1. The summed E-state index contributed by atoms with van der Waals surface area (Å²) in [5.41, 5.74) is -0.367. The van der Waals surface area contributed by atoms with E-state index in [1.165, 1.54) is 26.4 Å². The number of rotatable bonds is 6. The normalized spacial score (nSPS) is 23.3. The van der Waals surface area contributed by atoms with Gasteiger partial charge < -0.3 is 10.1 Å². The number of esters is 1. The molecular weight excluding hydrogens is 264 g/mol. The molecule has 2 fully saturated rings. The minimum Gasteiger partial charge on any atom is -0.469 e. The number of nitrogens with one attached hydrogen (secondary N) is 1. The summed E-state index contributed by atoms with van der Waals surface area (Å²) in [5.74, 6) is -0.0946. The van der Waals surface area contributed by atoms with Crippen LogP contribution in [0.1, 0.15) is 39.5 Å². The van der Waals surface area contributed by atoms with Gasteiger partial charge in [0.05, 0.1) is 12.5 Å². The maximum Gasteiger partial charge on any atom is 0.311 e. The van der Waals surface area contributed by atoms with E-state index in [9.17, 15) is 4.79 Å². The summed E-state index contributed by atoms with van der Waals surface area (Å²) >= 11 is 0. The van der Waals surface area contributed by atoms with E-state index in [-0.39, 0.29) is 23.8 Å². The van der Waals surface area contributed by atoms with Crippen LogP contribution in [0.5, 0.6) is 0 Å². The third-order valence-corrected chi connectivity index (χ3v) is 4.25. The van der Waals surface area contributed by atoms with Gasteiger partial charge in [-0.05, 0) is 52.6 Å². The van der Waals surface area contributed by atoms with Crippen LogP contribution in [-0.2, 0) is 9.53 Å². The molecule has 1 aliphatic heterocycles. The van der Waals surface area contributed by atoms with Crippen molar-refractivity contribution in [3.63, 3.8) is 0 Å². The predicted octanol–water partition coefficient (Wildman–Crippen LogP) is 1.82. The van der Waals surface area contributed by atoms with E-state index in [0.29, 0.717) is 6.04 Å². The lowest BCUT2D eigenvalue weighted by molar-refractivity contribution is -0.151. The Labute approximate surface area is 122 Å². The van der Waals surface area contributed by atoms with Crippen LogP contribution in [0.15, 0.2) is 0 Å². The Morgan fingerprint density at radius 1 is 1.32 bits per heavy atom. The predicted molar refractivity (Wildman–Crippen MR) is 78.7 cm³/mol. The quantitative estimate of drug-likeness (QED) is 0.758. The van der Waals surface area contributed by atoms with Gasteiger partial charge in [-0.1, -0.05) is 0 Å². The Bertz CT molecular complexity index is 300. The third kappa shape index (κ3) is 4.33. The van der Waals surface area contributed by atoms with E-state index < -0.39 is 0 Å². The summed E-state index contributed by atoms with van der Waals surface area (Å²) in [7, 11) is 1.48. The second kappa shape index (κ2) is 6.91. The van der Waals surface area contributed by atoms with Gasteiger partial charge in [0.25, 0.3) is 0 Å². The topological polar surface area (TPSA) is 41.6 Å². The van der Waals surface area contributed by atoms with E-state index >= 15 is 0 Å². The molecule has 0 aromatic carbocycles. The molecular formula is C14H27ClN2O2. The van der Waals surface area contributed by atoms with Gasteiger partial charge in [0.1, 0.15) is 0 Å². The molecule has 2 aliphatic rings. The molecule has 0 aromatic heterocycles. The highest BCUT2D eigenvalue weighted by Crippen LogP contribution is 2.32. The Morgan fingerprint density at radius 3 is 2.47 bits per heavy atom. The number of hydrogen-bond acceptors (Lipinski definition) is 4. The first kappa shape index (κ1) is 16.7. The molecule has 1 N–H and O–H groups in total. The molecule has 5 heteroatoms. The van der Waals surface area contributed by atoms with Crippen molar-refractivity contribution in [2.45, 2.75) is 51.6 Å². The SMILES string of the molecule is COC(=O)C(C)(C)CCN(C1CC1)C1CCNC1.Cl. The van der Waals surface area contributed by atoms with Crippen LogP contribution in [0.3, 0.4) is 0 Å². The summed E-state index contributed by atoms with van der Waals surface area (Å²) in [4.78, 5) is 14.3. The third-order valence-electron chi connectivity index (χ3n) is 4.25. The number of ether oxygens (including phenoxy) is 1. The van der Waals surface area contributed by atoms with Gasteiger partial charge in [0.15, 0.2) is 0 Å². The van der Waals surface area contributed by atoms with Gasteiger partial charge in [-0.25, -0.2) is 0 Å². The zero-order valence-corrected chi connectivity index (χ0v) is 13.1. The number of methoxy groups -OCH3 is 1. The van der Waals surface area contributed by atoms with E-state index in [4.69, 9.17) is 4.74 Å². The second-order valence-electron chi connectivity index (χ2n) is 6.24. The van der Waals surface area contributed by atoms with Crippen LogP contribution in [0.25, 0.3) is 0 Å². The summed E-state index contributed by atoms with van der Waals surface area (Å²) < 4.78 is 4.88. The van der Waals surface area contributed by atoms with Crippen molar-refractivity contribution in [3.8, 4) is 0 Å². The van der Waals surface area contributed by atoms with Crippen molar-refractivity contribution in [2.75, 3.05) is 26.7 Å². The second-order valence-corrected chi connectivity index (χ2v) is 6.24. The fourth-order valence-electron chi connectivity index (χ4n) is 2.78. The van der Waals surface area contributed by atoms with Crippen molar-refractivity contribution in [1.82, 2.24) is 10.2 Å². The van der Waals surface area contributed by atoms with Crippen molar-refractivity contribution >= 4 is 18.4 Å². The smallest absolute Gasteiger partial charge is 0.311 e. The van der Waals surface area contributed by atoms with Gasteiger partial charge in [-0.2, -0.15) is 0 Å². The number of carbonyl (C=O) groups is 1. The average Bonchev–Trinajstić information content (AvgIpc) is 3.03. The molecule has 1 saturated carbocycles. The first-order valence-corrected chi connectivity index (χ1v) is 7.09. The standard InChI is InChI=1S/C14H26N2O2.ClH/c1-14(2,13(17)18-3)7-9-16(11-4-5-11)12-6-8-15-10-12;/h11-12,15H,4-10H2,1-3H3;1H. The molecule has 19 heavy (non-hydrogen) atoms. The van der Waals surface area contributed by atoms with Gasteiger partial charge in [-0.3, -0.25) is 9.69 Å². The first-order chi connectivity index (χ1) is 8.54. The van der Waals surface area contributed by atoms with Crippen molar-refractivity contribution in [3.05, 3.63) is 0 Å². The highest BCUT2D eigenvalue weighted by molar-refractivity contribution is 5.85. The van der Waals surface area contributed by atoms with E-state index in [1.807, 2.05) is 13.8 Å². The van der Waals surface area contributed by atoms with Crippen LogP contribution in [0, 0.1) is 5.41 Å². The minimum atomic E-state index is -0.367. The monoisotopic (exact) mass is 290 g/mol. The maximum absolute atomic E-state index is 11.7. The van der Waals surface area contributed by atoms with Crippen molar-refractivity contribution < 1.29 is 9.53 Å². The largest absolute Gasteiger partial charge is 0.469 e. The van der Waals surface area contributed by atoms with E-state index in [1.54, 1.807) is 0 Å². The molecule has 4 nitrogen and oxygen atoms in total. The van der Waals surface area contributed by atoms with Crippen LogP contribution in [0.4, 0.5) is 0 Å². The maximum atomic E-state index is 11.7. The molecule has 0 radical (unpaired) electrons. The molecule has 1 saturated heterocycles. The van der Waals surface area contributed by atoms with Crippen molar-refractivity contribution in [2.24, 2.45) is 5.41 Å². The Hall–Kier alpha value is -0.320. The zero-order chi connectivity index (χ0) is 13.2.